The van der Waals surface area contributed by atoms with Crippen LogP contribution in [-0.2, 0) is 37.5 Å². The lowest BCUT2D eigenvalue weighted by molar-refractivity contribution is -0.870. The number of esters is 2. The van der Waals surface area contributed by atoms with Crippen molar-refractivity contribution >= 4 is 25.5 Å². The molecule has 0 aromatic carbocycles. The third kappa shape index (κ3) is 35.2. The zero-order chi connectivity index (χ0) is 48.9. The highest BCUT2D eigenvalue weighted by molar-refractivity contribution is 7.47. The molecule has 66 heavy (non-hydrogen) atoms. The highest BCUT2D eigenvalue weighted by atomic mass is 31.2. The lowest BCUT2D eigenvalue weighted by Gasteiger charge is -2.24. The number of aliphatic hydroxyl groups is 3. The summed E-state index contributed by atoms with van der Waals surface area (Å²) in [5, 5.41) is 31.4. The standard InChI is InChI=1S/C52H96NO12P/c1-6-8-10-11-12-13-14-15-16-17-18-19-20-21-22-23-24-25-26-27-29-35-52(59)65-46(43-64-66(60,61)63-39-38-53(3,4)5)42-62-51(58)34-31-30-33-45(55)40-48-47(49(56)41-50(48)57)37-36-44(54)32-28-9-7-2/h15-16,36-37,44,46-50,54,56-57H,6-14,17-35,38-43H2,1-5H3/p+1/b16-15-,37-36+/t44-,46+,47+,48+,49+,50-/m0/s1. The maximum atomic E-state index is 12.9. The second-order valence-corrected chi connectivity index (χ2v) is 21.3. The summed E-state index contributed by atoms with van der Waals surface area (Å²) in [5.41, 5.74) is 0. The van der Waals surface area contributed by atoms with Crippen molar-refractivity contribution in [2.45, 2.75) is 231 Å². The third-order valence-electron chi connectivity index (χ3n) is 12.4. The minimum Gasteiger partial charge on any atom is -0.462 e. The van der Waals surface area contributed by atoms with Crippen molar-refractivity contribution in [1.29, 1.82) is 0 Å². The zero-order valence-electron chi connectivity index (χ0n) is 42.3. The number of unbranched alkanes of at least 4 members (excludes halogenated alkanes) is 20. The van der Waals surface area contributed by atoms with Crippen LogP contribution >= 0.6 is 7.82 Å². The Kier molecular flexibility index (Phi) is 36.5. The Morgan fingerprint density at radius 2 is 1.18 bits per heavy atom. The molecule has 0 heterocycles. The average molecular weight is 959 g/mol. The van der Waals surface area contributed by atoms with Crippen LogP contribution in [0.25, 0.3) is 0 Å². The first-order valence-electron chi connectivity index (χ1n) is 26.2. The molecular weight excluding hydrogens is 862 g/mol. The van der Waals surface area contributed by atoms with E-state index in [0.717, 1.165) is 38.5 Å². The molecule has 0 spiro atoms. The molecule has 4 N–H and O–H groups in total. The fraction of sp³-hybridized carbons (Fsp3) is 0.865. The van der Waals surface area contributed by atoms with Crippen LogP contribution in [0.2, 0.25) is 0 Å². The van der Waals surface area contributed by atoms with E-state index in [2.05, 4.69) is 26.0 Å². The second-order valence-electron chi connectivity index (χ2n) is 19.9. The number of hydrogen-bond donors (Lipinski definition) is 4. The average Bonchev–Trinajstić information content (AvgIpc) is 3.52. The zero-order valence-corrected chi connectivity index (χ0v) is 43.2. The summed E-state index contributed by atoms with van der Waals surface area (Å²) in [6, 6.07) is 0. The summed E-state index contributed by atoms with van der Waals surface area (Å²) in [5.74, 6) is -2.05. The van der Waals surface area contributed by atoms with Gasteiger partial charge in [0.25, 0.3) is 0 Å². The molecule has 1 aliphatic rings. The lowest BCUT2D eigenvalue weighted by atomic mass is 9.87. The van der Waals surface area contributed by atoms with Crippen molar-refractivity contribution in [3.8, 4) is 0 Å². The van der Waals surface area contributed by atoms with E-state index in [1.165, 1.54) is 96.3 Å². The number of Topliss-reactive ketones (excluding diaryl/α,β-unsaturated/α-hetero) is 1. The molecule has 0 bridgehead atoms. The number of allylic oxidation sites excluding steroid dienone is 2. The monoisotopic (exact) mass is 959 g/mol. The Morgan fingerprint density at radius 3 is 1.77 bits per heavy atom. The van der Waals surface area contributed by atoms with Crippen molar-refractivity contribution in [1.82, 2.24) is 0 Å². The van der Waals surface area contributed by atoms with E-state index in [0.29, 0.717) is 36.7 Å². The van der Waals surface area contributed by atoms with E-state index in [-0.39, 0.29) is 51.1 Å². The number of aliphatic hydroxyl groups excluding tert-OH is 3. The number of quaternary nitrogens is 1. The van der Waals surface area contributed by atoms with Gasteiger partial charge in [-0.25, -0.2) is 4.57 Å². The van der Waals surface area contributed by atoms with E-state index in [4.69, 9.17) is 18.5 Å². The molecule has 7 atom stereocenters. The number of ketones is 1. The SMILES string of the molecule is CCCCCCCC/C=C\CCCCCCCCCCCCCC(=O)O[C@H](COC(=O)CCCCC(=O)C[C@@H]1[C@@H](/C=C/[C@@H](O)CCCCC)[C@H](O)C[C@@H]1O)COP(=O)(O)OCC[N+](C)(C)C. The molecule has 13 nitrogen and oxygen atoms in total. The number of carbonyl (C=O) groups is 3. The number of ether oxygens (including phenoxy) is 2. The predicted molar refractivity (Wildman–Crippen MR) is 264 cm³/mol. The summed E-state index contributed by atoms with van der Waals surface area (Å²) >= 11 is 0. The number of carbonyl (C=O) groups excluding carboxylic acids is 3. The van der Waals surface area contributed by atoms with Gasteiger partial charge in [-0.15, -0.1) is 0 Å². The molecule has 1 rings (SSSR count). The molecule has 0 amide bonds. The molecule has 1 aliphatic carbocycles. The van der Waals surface area contributed by atoms with Gasteiger partial charge in [-0.2, -0.15) is 0 Å². The van der Waals surface area contributed by atoms with Gasteiger partial charge >= 0.3 is 19.8 Å². The Hall–Kier alpha value is -1.96. The number of phosphoric acid groups is 1. The maximum Gasteiger partial charge on any atom is 0.472 e. The predicted octanol–water partition coefficient (Wildman–Crippen LogP) is 11.0. The summed E-state index contributed by atoms with van der Waals surface area (Å²) in [7, 11) is 1.28. The first kappa shape index (κ1) is 62.1. The molecule has 0 radical (unpaired) electrons. The van der Waals surface area contributed by atoms with Gasteiger partial charge < -0.3 is 34.2 Å². The minimum absolute atomic E-state index is 0.00473. The van der Waals surface area contributed by atoms with Gasteiger partial charge in [0.1, 0.15) is 25.5 Å². The molecule has 14 heteroatoms. The summed E-state index contributed by atoms with van der Waals surface area (Å²) in [6.07, 6.45) is 32.8. The maximum absolute atomic E-state index is 12.9. The van der Waals surface area contributed by atoms with Gasteiger partial charge in [-0.05, 0) is 51.4 Å². The normalized spacial score (nSPS) is 19.7. The Balaban J connectivity index is 2.40. The fourth-order valence-corrected chi connectivity index (χ4v) is 8.98. The number of nitrogens with zero attached hydrogens (tertiary/aromatic N) is 1. The summed E-state index contributed by atoms with van der Waals surface area (Å²) < 4.78 is 34.3. The van der Waals surface area contributed by atoms with Crippen LogP contribution in [0.1, 0.15) is 206 Å². The molecule has 0 aromatic rings. The molecule has 0 aliphatic heterocycles. The van der Waals surface area contributed by atoms with Gasteiger partial charge in [-0.1, -0.05) is 147 Å². The van der Waals surface area contributed by atoms with Gasteiger partial charge in [0.2, 0.25) is 0 Å². The van der Waals surface area contributed by atoms with Crippen LogP contribution in [0.5, 0.6) is 0 Å². The number of phosphoric ester groups is 1. The minimum atomic E-state index is -4.47. The molecular formula is C52H97NO12P+. The quantitative estimate of drug-likeness (QED) is 0.0149. The first-order chi connectivity index (χ1) is 31.6. The lowest BCUT2D eigenvalue weighted by Crippen LogP contribution is -2.37. The Labute approximate surface area is 401 Å². The first-order valence-corrected chi connectivity index (χ1v) is 27.7. The number of rotatable bonds is 44. The van der Waals surface area contributed by atoms with Gasteiger partial charge in [0.15, 0.2) is 6.10 Å². The van der Waals surface area contributed by atoms with E-state index in [1.807, 2.05) is 21.1 Å². The van der Waals surface area contributed by atoms with E-state index in [1.54, 1.807) is 12.2 Å². The Morgan fingerprint density at radius 1 is 0.667 bits per heavy atom. The van der Waals surface area contributed by atoms with E-state index < -0.39 is 62.6 Å². The van der Waals surface area contributed by atoms with Crippen LogP contribution in [0.15, 0.2) is 24.3 Å². The molecule has 0 aromatic heterocycles. The molecule has 1 fully saturated rings. The van der Waals surface area contributed by atoms with Crippen LogP contribution in [-0.4, -0.2) is 114 Å². The van der Waals surface area contributed by atoms with Crippen LogP contribution in [0, 0.1) is 11.8 Å². The number of likely N-dealkylation sites (N-methyl/N-ethyl adjacent to an activating group) is 1. The molecule has 1 saturated carbocycles. The van der Waals surface area contributed by atoms with Crippen LogP contribution < -0.4 is 0 Å². The van der Waals surface area contributed by atoms with Crippen molar-refractivity contribution in [3.05, 3.63) is 24.3 Å². The number of hydrogen-bond acceptors (Lipinski definition) is 11. The fourth-order valence-electron chi connectivity index (χ4n) is 8.24. The Bertz CT molecular complexity index is 1350. The van der Waals surface area contributed by atoms with E-state index in [9.17, 15) is 39.2 Å². The van der Waals surface area contributed by atoms with Crippen LogP contribution in [0.4, 0.5) is 0 Å². The van der Waals surface area contributed by atoms with Crippen molar-refractivity contribution in [2.24, 2.45) is 11.8 Å². The molecule has 386 valence electrons. The van der Waals surface area contributed by atoms with Crippen molar-refractivity contribution in [2.75, 3.05) is 47.5 Å². The van der Waals surface area contributed by atoms with Crippen molar-refractivity contribution in [3.63, 3.8) is 0 Å². The topological polar surface area (TPSA) is 186 Å². The summed E-state index contributed by atoms with van der Waals surface area (Å²) in [4.78, 5) is 48.6. The van der Waals surface area contributed by atoms with Crippen molar-refractivity contribution < 1.29 is 62.2 Å². The third-order valence-corrected chi connectivity index (χ3v) is 13.4. The van der Waals surface area contributed by atoms with Gasteiger partial charge in [0, 0.05) is 43.9 Å². The largest absolute Gasteiger partial charge is 0.472 e. The smallest absolute Gasteiger partial charge is 0.462 e. The summed E-state index contributed by atoms with van der Waals surface area (Å²) in [6.45, 7) is 3.91. The van der Waals surface area contributed by atoms with Gasteiger partial charge in [0.05, 0.1) is 46.1 Å². The molecule has 0 saturated heterocycles. The second kappa shape index (κ2) is 38.8. The van der Waals surface area contributed by atoms with Crippen LogP contribution in [0.3, 0.4) is 0 Å². The molecule has 1 unspecified atom stereocenters. The van der Waals surface area contributed by atoms with E-state index >= 15 is 0 Å². The highest BCUT2D eigenvalue weighted by Crippen LogP contribution is 2.43. The highest BCUT2D eigenvalue weighted by Gasteiger charge is 2.41. The van der Waals surface area contributed by atoms with Gasteiger partial charge in [-0.3, -0.25) is 23.4 Å².